The first-order valence-corrected chi connectivity index (χ1v) is 11.6. The third kappa shape index (κ3) is 5.16. The first-order valence-electron chi connectivity index (χ1n) is 10.0. The lowest BCUT2D eigenvalue weighted by Gasteiger charge is -2.12. The largest absolute Gasteiger partial charge is 0.457 e. The van der Waals surface area contributed by atoms with Crippen LogP contribution in [-0.4, -0.2) is 28.5 Å². The van der Waals surface area contributed by atoms with Crippen molar-refractivity contribution in [3.8, 4) is 11.3 Å². The smallest absolute Gasteiger partial charge is 0.294 e. The Balaban J connectivity index is 1.45. The molecule has 4 rings (SSSR count). The van der Waals surface area contributed by atoms with Gasteiger partial charge in [-0.2, -0.15) is 0 Å². The number of hydrogen-bond acceptors (Lipinski definition) is 5. The standard InChI is InChI=1S/C24H18Cl2N2O4S/c1-2-14-6-8-15(9-7-14)27-21(29)13-28-23(30)20(33-24(28)31)12-16-10-11-19(32-16)17-4-3-5-18(25)22(17)26/h3-12H,2,13H2,1H3,(H,27,29)/b20-12+. The summed E-state index contributed by atoms with van der Waals surface area (Å²) >= 11 is 13.0. The minimum Gasteiger partial charge on any atom is -0.457 e. The molecule has 0 aliphatic carbocycles. The predicted molar refractivity (Wildman–Crippen MR) is 131 cm³/mol. The number of benzene rings is 2. The van der Waals surface area contributed by atoms with Crippen molar-refractivity contribution >= 4 is 63.8 Å². The molecule has 33 heavy (non-hydrogen) atoms. The summed E-state index contributed by atoms with van der Waals surface area (Å²) in [6, 6.07) is 15.9. The van der Waals surface area contributed by atoms with Crippen molar-refractivity contribution < 1.29 is 18.8 Å². The topological polar surface area (TPSA) is 79.6 Å². The van der Waals surface area contributed by atoms with Gasteiger partial charge >= 0.3 is 0 Å². The number of amides is 3. The van der Waals surface area contributed by atoms with Crippen molar-refractivity contribution in [2.75, 3.05) is 11.9 Å². The van der Waals surface area contributed by atoms with Crippen LogP contribution in [0.2, 0.25) is 10.0 Å². The fraction of sp³-hybridized carbons (Fsp3) is 0.125. The van der Waals surface area contributed by atoms with Gasteiger partial charge in [-0.3, -0.25) is 19.3 Å². The van der Waals surface area contributed by atoms with Crippen LogP contribution in [0.5, 0.6) is 0 Å². The maximum atomic E-state index is 12.7. The molecule has 2 heterocycles. The predicted octanol–water partition coefficient (Wildman–Crippen LogP) is 6.49. The first kappa shape index (κ1) is 23.2. The molecule has 1 aliphatic heterocycles. The summed E-state index contributed by atoms with van der Waals surface area (Å²) in [5.74, 6) is -0.174. The molecule has 2 aromatic carbocycles. The van der Waals surface area contributed by atoms with Gasteiger partial charge in [-0.05, 0) is 60.1 Å². The lowest BCUT2D eigenvalue weighted by Crippen LogP contribution is -2.36. The number of thioether (sulfide) groups is 1. The van der Waals surface area contributed by atoms with Crippen molar-refractivity contribution in [1.82, 2.24) is 4.90 Å². The molecule has 6 nitrogen and oxygen atoms in total. The van der Waals surface area contributed by atoms with Gasteiger partial charge in [-0.15, -0.1) is 0 Å². The van der Waals surface area contributed by atoms with E-state index >= 15 is 0 Å². The van der Waals surface area contributed by atoms with Crippen LogP contribution in [0.15, 0.2) is 63.9 Å². The van der Waals surface area contributed by atoms with Gasteiger partial charge in [0.15, 0.2) is 0 Å². The summed E-state index contributed by atoms with van der Waals surface area (Å²) in [6.07, 6.45) is 2.36. The van der Waals surface area contributed by atoms with Gasteiger partial charge in [0.2, 0.25) is 5.91 Å². The second-order valence-electron chi connectivity index (χ2n) is 7.17. The number of imide groups is 1. The molecule has 1 aromatic heterocycles. The average molecular weight is 501 g/mol. The molecule has 0 saturated carbocycles. The van der Waals surface area contributed by atoms with Crippen LogP contribution in [0.25, 0.3) is 17.4 Å². The molecule has 0 spiro atoms. The molecule has 1 fully saturated rings. The summed E-state index contributed by atoms with van der Waals surface area (Å²) in [4.78, 5) is 38.5. The van der Waals surface area contributed by atoms with E-state index in [1.165, 1.54) is 6.08 Å². The number of carbonyl (C=O) groups is 3. The van der Waals surface area contributed by atoms with Gasteiger partial charge in [-0.25, -0.2) is 0 Å². The number of furan rings is 1. The average Bonchev–Trinajstić information content (AvgIpc) is 3.36. The van der Waals surface area contributed by atoms with Crippen molar-refractivity contribution in [2.24, 2.45) is 0 Å². The Kier molecular flexibility index (Phi) is 6.93. The number of anilines is 1. The Morgan fingerprint density at radius 1 is 1.09 bits per heavy atom. The summed E-state index contributed by atoms with van der Waals surface area (Å²) in [7, 11) is 0. The summed E-state index contributed by atoms with van der Waals surface area (Å²) in [6.45, 7) is 1.66. The van der Waals surface area contributed by atoms with Crippen LogP contribution >= 0.6 is 35.0 Å². The lowest BCUT2D eigenvalue weighted by molar-refractivity contribution is -0.127. The summed E-state index contributed by atoms with van der Waals surface area (Å²) < 4.78 is 5.77. The highest BCUT2D eigenvalue weighted by Crippen LogP contribution is 2.36. The van der Waals surface area contributed by atoms with Gasteiger partial charge in [0.25, 0.3) is 11.1 Å². The van der Waals surface area contributed by atoms with Gasteiger partial charge in [-0.1, -0.05) is 48.3 Å². The molecule has 9 heteroatoms. The zero-order valence-electron chi connectivity index (χ0n) is 17.4. The fourth-order valence-electron chi connectivity index (χ4n) is 3.20. The van der Waals surface area contributed by atoms with Crippen molar-refractivity contribution in [1.29, 1.82) is 0 Å². The Morgan fingerprint density at radius 3 is 2.58 bits per heavy atom. The monoisotopic (exact) mass is 500 g/mol. The quantitative estimate of drug-likeness (QED) is 0.391. The number of halogens is 2. The molecule has 1 N–H and O–H groups in total. The number of hydrogen-bond donors (Lipinski definition) is 1. The Bertz CT molecular complexity index is 1270. The molecule has 0 unspecified atom stereocenters. The van der Waals surface area contributed by atoms with Crippen LogP contribution in [-0.2, 0) is 16.0 Å². The van der Waals surface area contributed by atoms with E-state index in [0.29, 0.717) is 32.8 Å². The fourth-order valence-corrected chi connectivity index (χ4v) is 4.41. The Labute approximate surface area is 204 Å². The van der Waals surface area contributed by atoms with E-state index in [1.807, 2.05) is 19.1 Å². The van der Waals surface area contributed by atoms with E-state index in [-0.39, 0.29) is 11.4 Å². The molecule has 168 valence electrons. The van der Waals surface area contributed by atoms with Crippen LogP contribution in [0, 0.1) is 0 Å². The number of aryl methyl sites for hydroxylation is 1. The second-order valence-corrected chi connectivity index (χ2v) is 8.95. The summed E-state index contributed by atoms with van der Waals surface area (Å²) in [5.41, 5.74) is 2.35. The molecule has 3 aromatic rings. The Hall–Kier alpha value is -3.00. The van der Waals surface area contributed by atoms with Crippen molar-refractivity contribution in [3.05, 3.63) is 80.9 Å². The van der Waals surface area contributed by atoms with E-state index in [2.05, 4.69) is 5.32 Å². The van der Waals surface area contributed by atoms with Crippen molar-refractivity contribution in [2.45, 2.75) is 13.3 Å². The van der Waals surface area contributed by atoms with E-state index in [4.69, 9.17) is 27.6 Å². The van der Waals surface area contributed by atoms with Gasteiger partial charge in [0.1, 0.15) is 18.1 Å². The maximum Gasteiger partial charge on any atom is 0.294 e. The number of nitrogens with one attached hydrogen (secondary N) is 1. The van der Waals surface area contributed by atoms with Crippen LogP contribution < -0.4 is 5.32 Å². The van der Waals surface area contributed by atoms with Gasteiger partial charge < -0.3 is 9.73 Å². The molecule has 0 atom stereocenters. The zero-order valence-corrected chi connectivity index (χ0v) is 19.8. The first-order chi connectivity index (χ1) is 15.9. The third-order valence-corrected chi connectivity index (χ3v) is 6.66. The molecule has 1 saturated heterocycles. The van der Waals surface area contributed by atoms with E-state index in [0.717, 1.165) is 28.6 Å². The minimum atomic E-state index is -0.555. The third-order valence-electron chi connectivity index (χ3n) is 4.94. The zero-order chi connectivity index (χ0) is 23.5. The molecular formula is C24H18Cl2N2O4S. The molecular weight excluding hydrogens is 483 g/mol. The van der Waals surface area contributed by atoms with Crippen LogP contribution in [0.1, 0.15) is 18.2 Å². The molecule has 0 radical (unpaired) electrons. The van der Waals surface area contributed by atoms with E-state index < -0.39 is 17.1 Å². The highest BCUT2D eigenvalue weighted by atomic mass is 35.5. The number of carbonyl (C=O) groups excluding carboxylic acids is 3. The van der Waals surface area contributed by atoms with E-state index in [9.17, 15) is 14.4 Å². The minimum absolute atomic E-state index is 0.165. The SMILES string of the molecule is CCc1ccc(NC(=O)CN2C(=O)S/C(=C/c3ccc(-c4cccc(Cl)c4Cl)o3)C2=O)cc1. The Morgan fingerprint density at radius 2 is 1.85 bits per heavy atom. The van der Waals surface area contributed by atoms with E-state index in [1.54, 1.807) is 42.5 Å². The number of nitrogens with zero attached hydrogens (tertiary/aromatic N) is 1. The normalized spacial score (nSPS) is 14.9. The number of rotatable bonds is 6. The highest BCUT2D eigenvalue weighted by molar-refractivity contribution is 8.18. The van der Waals surface area contributed by atoms with Crippen LogP contribution in [0.4, 0.5) is 10.5 Å². The van der Waals surface area contributed by atoms with Gasteiger partial charge in [0, 0.05) is 17.3 Å². The molecule has 3 amide bonds. The highest BCUT2D eigenvalue weighted by Gasteiger charge is 2.36. The molecule has 1 aliphatic rings. The van der Waals surface area contributed by atoms with Crippen molar-refractivity contribution in [3.63, 3.8) is 0 Å². The maximum absolute atomic E-state index is 12.7. The lowest BCUT2D eigenvalue weighted by atomic mass is 10.1. The summed E-state index contributed by atoms with van der Waals surface area (Å²) in [5, 5.41) is 2.93. The van der Waals surface area contributed by atoms with Crippen LogP contribution in [0.3, 0.4) is 0 Å². The van der Waals surface area contributed by atoms with Gasteiger partial charge in [0.05, 0.1) is 15.0 Å². The molecule has 0 bridgehead atoms. The second kappa shape index (κ2) is 9.87.